The molecule has 0 aliphatic heterocycles. The number of hydrogen-bond donors (Lipinski definition) is 0. The first-order valence-electron chi connectivity index (χ1n) is 7.97. The number of thioether (sulfide) groups is 1. The van der Waals surface area contributed by atoms with Crippen molar-refractivity contribution in [1.82, 2.24) is 14.8 Å². The third kappa shape index (κ3) is 3.92. The molecule has 0 aliphatic carbocycles. The van der Waals surface area contributed by atoms with Crippen molar-refractivity contribution in [1.29, 1.82) is 0 Å². The molecule has 3 aromatic rings. The van der Waals surface area contributed by atoms with E-state index in [0.717, 1.165) is 23.3 Å². The zero-order valence-corrected chi connectivity index (χ0v) is 15.6. The summed E-state index contributed by atoms with van der Waals surface area (Å²) in [6.07, 6.45) is -2.75. The van der Waals surface area contributed by atoms with Crippen molar-refractivity contribution in [3.8, 4) is 5.82 Å². The van der Waals surface area contributed by atoms with Crippen LogP contribution in [0.25, 0.3) is 16.7 Å². The van der Waals surface area contributed by atoms with Gasteiger partial charge in [-0.1, -0.05) is 17.8 Å². The lowest BCUT2D eigenvalue weighted by atomic mass is 10.1. The summed E-state index contributed by atoms with van der Waals surface area (Å²) in [5.41, 5.74) is 1.30. The van der Waals surface area contributed by atoms with Crippen molar-refractivity contribution in [2.75, 3.05) is 5.94 Å². The number of carbonyl (C=O) groups is 1. The zero-order chi connectivity index (χ0) is 19.8. The third-order valence-corrected chi connectivity index (χ3v) is 5.06. The highest BCUT2D eigenvalue weighted by molar-refractivity contribution is 7.99. The maximum Gasteiger partial charge on any atom is 0.416 e. The second-order valence-corrected chi connectivity index (χ2v) is 6.85. The van der Waals surface area contributed by atoms with Crippen molar-refractivity contribution < 1.29 is 22.7 Å². The van der Waals surface area contributed by atoms with Crippen molar-refractivity contribution in [3.63, 3.8) is 0 Å². The molecule has 5 nitrogen and oxygen atoms in total. The highest BCUT2D eigenvalue weighted by Crippen LogP contribution is 2.33. The molecule has 9 heteroatoms. The quantitative estimate of drug-likeness (QED) is 0.365. The van der Waals surface area contributed by atoms with Crippen LogP contribution in [0.2, 0.25) is 0 Å². The summed E-state index contributed by atoms with van der Waals surface area (Å²) in [5, 5.41) is 9.62. The van der Waals surface area contributed by atoms with Gasteiger partial charge in [0.15, 0.2) is 5.82 Å². The summed E-state index contributed by atoms with van der Waals surface area (Å²) in [7, 11) is 0. The molecule has 0 fully saturated rings. The maximum absolute atomic E-state index is 13.1. The van der Waals surface area contributed by atoms with E-state index >= 15 is 0 Å². The second kappa shape index (κ2) is 7.22. The van der Waals surface area contributed by atoms with Gasteiger partial charge in [0.25, 0.3) is 0 Å². The van der Waals surface area contributed by atoms with Gasteiger partial charge in [-0.25, -0.2) is 0 Å². The fourth-order valence-electron chi connectivity index (χ4n) is 2.59. The number of esters is 1. The van der Waals surface area contributed by atoms with E-state index < -0.39 is 11.7 Å². The Kier molecular flexibility index (Phi) is 5.14. The highest BCUT2D eigenvalue weighted by atomic mass is 32.2. The molecular weight excluding hydrogens is 379 g/mol. The molecule has 3 rings (SSSR count). The number of carbonyl (C=O) groups excluding carboxylic acids is 1. The van der Waals surface area contributed by atoms with Gasteiger partial charge in [-0.05, 0) is 43.2 Å². The van der Waals surface area contributed by atoms with E-state index in [9.17, 15) is 18.0 Å². The van der Waals surface area contributed by atoms with Gasteiger partial charge >= 0.3 is 12.1 Å². The number of benzene rings is 1. The van der Waals surface area contributed by atoms with E-state index in [2.05, 4.69) is 10.2 Å². The monoisotopic (exact) mass is 395 g/mol. The first-order valence-corrected chi connectivity index (χ1v) is 8.95. The molecule has 2 heterocycles. The van der Waals surface area contributed by atoms with Crippen LogP contribution in [0, 0.1) is 13.8 Å². The number of ether oxygens (including phenoxy) is 1. The summed E-state index contributed by atoms with van der Waals surface area (Å²) in [4.78, 5) is 10.9. The van der Waals surface area contributed by atoms with Crippen LogP contribution in [0.15, 0.2) is 35.5 Å². The van der Waals surface area contributed by atoms with E-state index in [1.54, 1.807) is 16.8 Å². The predicted octanol–water partition coefficient (Wildman–Crippen LogP) is 4.67. The molecule has 0 unspecified atom stereocenters. The minimum atomic E-state index is -4.42. The lowest BCUT2D eigenvalue weighted by molar-refractivity contribution is -0.139. The number of nitrogens with zero attached hydrogens (tertiary/aromatic N) is 3. The molecular formula is C18H16F3N3O2S. The van der Waals surface area contributed by atoms with Gasteiger partial charge in [-0.15, -0.1) is 10.2 Å². The number of aromatic nitrogens is 3. The topological polar surface area (TPSA) is 57.0 Å². The minimum absolute atomic E-state index is 0.116. The van der Waals surface area contributed by atoms with Crippen molar-refractivity contribution in [3.05, 3.63) is 47.2 Å². The molecule has 0 N–H and O–H groups in total. The van der Waals surface area contributed by atoms with Gasteiger partial charge < -0.3 is 4.74 Å². The molecule has 0 amide bonds. The molecule has 0 radical (unpaired) electrons. The highest BCUT2D eigenvalue weighted by Gasteiger charge is 2.31. The lowest BCUT2D eigenvalue weighted by Crippen LogP contribution is -2.07. The second-order valence-electron chi connectivity index (χ2n) is 5.93. The van der Waals surface area contributed by atoms with E-state index in [4.69, 9.17) is 4.74 Å². The number of fused-ring (bicyclic) bond motifs is 1. The Labute approximate surface area is 157 Å². The van der Waals surface area contributed by atoms with Crippen LogP contribution in [0.1, 0.15) is 23.6 Å². The molecule has 0 bridgehead atoms. The number of alkyl halides is 3. The summed E-state index contributed by atoms with van der Waals surface area (Å²) < 4.78 is 45.6. The normalized spacial score (nSPS) is 11.8. The minimum Gasteiger partial charge on any atom is -0.454 e. The molecule has 0 aliphatic rings. The van der Waals surface area contributed by atoms with E-state index in [1.807, 2.05) is 13.8 Å². The summed E-state index contributed by atoms with van der Waals surface area (Å²) >= 11 is 1.23. The molecule has 0 saturated heterocycles. The van der Waals surface area contributed by atoms with Crippen LogP contribution in [-0.2, 0) is 15.7 Å². The Morgan fingerprint density at radius 3 is 2.59 bits per heavy atom. The van der Waals surface area contributed by atoms with Crippen molar-refractivity contribution >= 4 is 28.6 Å². The average Bonchev–Trinajstić information content (AvgIpc) is 3.01. The first-order chi connectivity index (χ1) is 12.7. The summed E-state index contributed by atoms with van der Waals surface area (Å²) in [6.45, 7) is 4.99. The van der Waals surface area contributed by atoms with Crippen molar-refractivity contribution in [2.24, 2.45) is 0 Å². The van der Waals surface area contributed by atoms with Gasteiger partial charge in [-0.3, -0.25) is 9.36 Å². The Bertz CT molecular complexity index is 1010. The number of rotatable bonds is 4. The van der Waals surface area contributed by atoms with E-state index in [-0.39, 0.29) is 11.9 Å². The fraction of sp³-hybridized carbons (Fsp3) is 0.278. The molecule has 0 saturated carbocycles. The smallest absolute Gasteiger partial charge is 0.416 e. The molecule has 2 aromatic heterocycles. The fourth-order valence-corrected chi connectivity index (χ4v) is 3.40. The molecule has 0 atom stereocenters. The largest absolute Gasteiger partial charge is 0.454 e. The average molecular weight is 395 g/mol. The Morgan fingerprint density at radius 1 is 1.19 bits per heavy atom. The molecule has 0 spiro atoms. The summed E-state index contributed by atoms with van der Waals surface area (Å²) in [5.74, 6) is 0.185. The standard InChI is InChI=1S/C18H16F3N3O2S/c1-10-11(2)17(27-9-26-12(3)25)23-22-16(10)24-7-6-13-4-5-14(8-15(13)24)18(19,20)21/h4-8H,9H2,1-3H3. The molecule has 1 aromatic carbocycles. The predicted molar refractivity (Wildman–Crippen MR) is 95.8 cm³/mol. The lowest BCUT2D eigenvalue weighted by Gasteiger charge is -2.13. The van der Waals surface area contributed by atoms with Crippen LogP contribution >= 0.6 is 11.8 Å². The van der Waals surface area contributed by atoms with Crippen LogP contribution in [0.5, 0.6) is 0 Å². The maximum atomic E-state index is 13.1. The zero-order valence-electron chi connectivity index (χ0n) is 14.8. The Hall–Kier alpha value is -2.55. The Balaban J connectivity index is 2.01. The van der Waals surface area contributed by atoms with Gasteiger partial charge in [0.2, 0.25) is 0 Å². The van der Waals surface area contributed by atoms with Crippen LogP contribution in [0.4, 0.5) is 13.2 Å². The number of halogens is 3. The van der Waals surface area contributed by atoms with E-state index in [1.165, 1.54) is 24.8 Å². The Morgan fingerprint density at radius 2 is 1.93 bits per heavy atom. The summed E-state index contributed by atoms with van der Waals surface area (Å²) in [6, 6.07) is 5.34. The number of hydrogen-bond acceptors (Lipinski definition) is 5. The first kappa shape index (κ1) is 19.2. The van der Waals surface area contributed by atoms with E-state index in [0.29, 0.717) is 21.7 Å². The molecule has 27 heavy (non-hydrogen) atoms. The van der Waals surface area contributed by atoms with Gasteiger partial charge in [-0.2, -0.15) is 13.2 Å². The van der Waals surface area contributed by atoms with Gasteiger partial charge in [0.1, 0.15) is 11.0 Å². The van der Waals surface area contributed by atoms with Gasteiger partial charge in [0, 0.05) is 18.5 Å². The SMILES string of the molecule is CC(=O)OCSc1nnc(-n2ccc3ccc(C(F)(F)F)cc32)c(C)c1C. The van der Waals surface area contributed by atoms with Crippen molar-refractivity contribution in [2.45, 2.75) is 32.0 Å². The van der Waals surface area contributed by atoms with Gasteiger partial charge in [0.05, 0.1) is 11.1 Å². The third-order valence-electron chi connectivity index (χ3n) is 4.16. The van der Waals surface area contributed by atoms with Crippen LogP contribution in [-0.4, -0.2) is 26.7 Å². The van der Waals surface area contributed by atoms with Crippen LogP contribution < -0.4 is 0 Å². The molecule has 142 valence electrons. The van der Waals surface area contributed by atoms with Crippen LogP contribution in [0.3, 0.4) is 0 Å².